The van der Waals surface area contributed by atoms with Crippen LogP contribution in [-0.4, -0.2) is 5.78 Å². The molecule has 1 heteroatoms. The van der Waals surface area contributed by atoms with Gasteiger partial charge in [0, 0.05) is 5.56 Å². The first-order valence-corrected chi connectivity index (χ1v) is 6.67. The van der Waals surface area contributed by atoms with Gasteiger partial charge < -0.3 is 0 Å². The van der Waals surface area contributed by atoms with Crippen LogP contribution in [0.4, 0.5) is 0 Å². The molecule has 0 aromatic heterocycles. The molecule has 0 unspecified atom stereocenters. The molecule has 0 radical (unpaired) electrons. The number of aryl methyl sites for hydroxylation is 2. The van der Waals surface area contributed by atoms with Gasteiger partial charge in [0.15, 0.2) is 5.78 Å². The number of Topliss-reactive ketones (excluding diaryl/α,β-unsaturated/α-hetero) is 1. The van der Waals surface area contributed by atoms with Gasteiger partial charge in [-0.25, -0.2) is 0 Å². The number of carbonyl (C=O) groups excluding carboxylic acids is 1. The van der Waals surface area contributed by atoms with E-state index in [2.05, 4.69) is 20.8 Å². The SMILES string of the molecule is CC.CC.CCc1cc(C(C)=O)cc(C)c1C. The van der Waals surface area contributed by atoms with Gasteiger partial charge in [0.1, 0.15) is 0 Å². The highest BCUT2D eigenvalue weighted by atomic mass is 16.1. The van der Waals surface area contributed by atoms with E-state index in [0.29, 0.717) is 0 Å². The highest BCUT2D eigenvalue weighted by Crippen LogP contribution is 2.17. The van der Waals surface area contributed by atoms with Crippen molar-refractivity contribution in [3.05, 3.63) is 34.4 Å². The van der Waals surface area contributed by atoms with Crippen LogP contribution in [-0.2, 0) is 6.42 Å². The van der Waals surface area contributed by atoms with E-state index in [1.807, 2.05) is 39.8 Å². The van der Waals surface area contributed by atoms with Crippen LogP contribution in [0.2, 0.25) is 0 Å². The molecule has 0 amide bonds. The Labute approximate surface area is 107 Å². The fourth-order valence-corrected chi connectivity index (χ4v) is 1.50. The van der Waals surface area contributed by atoms with Crippen LogP contribution in [0.3, 0.4) is 0 Å². The van der Waals surface area contributed by atoms with Crippen molar-refractivity contribution in [2.24, 2.45) is 0 Å². The Morgan fingerprint density at radius 3 is 1.88 bits per heavy atom. The number of benzene rings is 1. The van der Waals surface area contributed by atoms with Crippen molar-refractivity contribution in [2.75, 3.05) is 0 Å². The quantitative estimate of drug-likeness (QED) is 0.651. The van der Waals surface area contributed by atoms with E-state index in [0.717, 1.165) is 12.0 Å². The van der Waals surface area contributed by atoms with Crippen molar-refractivity contribution in [1.29, 1.82) is 0 Å². The molecule has 0 spiro atoms. The fourth-order valence-electron chi connectivity index (χ4n) is 1.50. The fraction of sp³-hybridized carbons (Fsp3) is 0.562. The van der Waals surface area contributed by atoms with Crippen LogP contribution in [0.15, 0.2) is 12.1 Å². The van der Waals surface area contributed by atoms with Crippen LogP contribution in [0, 0.1) is 13.8 Å². The van der Waals surface area contributed by atoms with E-state index in [-0.39, 0.29) is 5.78 Å². The summed E-state index contributed by atoms with van der Waals surface area (Å²) in [5, 5.41) is 0. The van der Waals surface area contributed by atoms with Crippen molar-refractivity contribution in [3.8, 4) is 0 Å². The van der Waals surface area contributed by atoms with Crippen molar-refractivity contribution >= 4 is 5.78 Å². The van der Waals surface area contributed by atoms with Gasteiger partial charge in [-0.1, -0.05) is 34.6 Å². The minimum absolute atomic E-state index is 0.151. The first-order chi connectivity index (χ1) is 8.06. The zero-order valence-corrected chi connectivity index (χ0v) is 12.8. The van der Waals surface area contributed by atoms with Gasteiger partial charge >= 0.3 is 0 Å². The summed E-state index contributed by atoms with van der Waals surface area (Å²) >= 11 is 0. The molecule has 1 aromatic carbocycles. The average Bonchev–Trinajstić information content (AvgIpc) is 2.37. The Morgan fingerprint density at radius 1 is 1.06 bits per heavy atom. The van der Waals surface area contributed by atoms with Gasteiger partial charge in [-0.2, -0.15) is 0 Å². The molecule has 1 rings (SSSR count). The van der Waals surface area contributed by atoms with E-state index < -0.39 is 0 Å². The Bertz CT molecular complexity index is 338. The lowest BCUT2D eigenvalue weighted by Gasteiger charge is -2.08. The predicted octanol–water partition coefficient (Wildman–Crippen LogP) is 5.12. The van der Waals surface area contributed by atoms with E-state index in [1.165, 1.54) is 16.7 Å². The molecule has 0 saturated carbocycles. The van der Waals surface area contributed by atoms with E-state index >= 15 is 0 Å². The van der Waals surface area contributed by atoms with Gasteiger partial charge in [-0.15, -0.1) is 0 Å². The molecule has 0 N–H and O–H groups in total. The maximum Gasteiger partial charge on any atom is 0.159 e. The van der Waals surface area contributed by atoms with Crippen LogP contribution < -0.4 is 0 Å². The van der Waals surface area contributed by atoms with Crippen LogP contribution >= 0.6 is 0 Å². The van der Waals surface area contributed by atoms with Crippen molar-refractivity contribution in [2.45, 2.75) is 61.8 Å². The van der Waals surface area contributed by atoms with Crippen LogP contribution in [0.1, 0.15) is 68.6 Å². The summed E-state index contributed by atoms with van der Waals surface area (Å²) in [6.45, 7) is 15.9. The lowest BCUT2D eigenvalue weighted by molar-refractivity contribution is 0.101. The number of ketones is 1. The number of hydrogen-bond acceptors (Lipinski definition) is 1. The number of carbonyl (C=O) groups is 1. The Morgan fingerprint density at radius 2 is 1.53 bits per heavy atom. The van der Waals surface area contributed by atoms with Gasteiger partial charge in [0.25, 0.3) is 0 Å². The minimum atomic E-state index is 0.151. The molecule has 0 heterocycles. The standard InChI is InChI=1S/C12H16O.2C2H6/c1-5-11-7-12(10(4)13)6-8(2)9(11)3;2*1-2/h6-7H,5H2,1-4H3;2*1-2H3. The molecular formula is C16H28O. The maximum absolute atomic E-state index is 11.2. The predicted molar refractivity (Wildman–Crippen MR) is 78.0 cm³/mol. The van der Waals surface area contributed by atoms with Gasteiger partial charge in [0.05, 0.1) is 0 Å². The van der Waals surface area contributed by atoms with Crippen LogP contribution in [0.25, 0.3) is 0 Å². The molecule has 0 aliphatic heterocycles. The van der Waals surface area contributed by atoms with Gasteiger partial charge in [-0.05, 0) is 56.0 Å². The Kier molecular flexibility index (Phi) is 10.8. The van der Waals surface area contributed by atoms with Crippen LogP contribution in [0.5, 0.6) is 0 Å². The summed E-state index contributed by atoms with van der Waals surface area (Å²) in [6.07, 6.45) is 0.994. The third kappa shape index (κ3) is 5.67. The summed E-state index contributed by atoms with van der Waals surface area (Å²) in [5.74, 6) is 0.151. The zero-order valence-electron chi connectivity index (χ0n) is 12.8. The minimum Gasteiger partial charge on any atom is -0.295 e. The zero-order chi connectivity index (χ0) is 14.0. The van der Waals surface area contributed by atoms with E-state index in [4.69, 9.17) is 0 Å². The molecule has 0 saturated heterocycles. The van der Waals surface area contributed by atoms with Gasteiger partial charge in [-0.3, -0.25) is 4.79 Å². The number of rotatable bonds is 2. The normalized spacial score (nSPS) is 8.47. The smallest absolute Gasteiger partial charge is 0.159 e. The second kappa shape index (κ2) is 10.1. The lowest BCUT2D eigenvalue weighted by atomic mass is 9.97. The summed E-state index contributed by atoms with van der Waals surface area (Å²) in [7, 11) is 0. The first-order valence-electron chi connectivity index (χ1n) is 6.67. The monoisotopic (exact) mass is 236 g/mol. The largest absolute Gasteiger partial charge is 0.295 e. The van der Waals surface area contributed by atoms with E-state index in [1.54, 1.807) is 6.92 Å². The summed E-state index contributed by atoms with van der Waals surface area (Å²) < 4.78 is 0. The molecule has 0 fully saturated rings. The molecule has 0 aliphatic rings. The summed E-state index contributed by atoms with van der Waals surface area (Å²) in [5.41, 5.74) is 4.64. The summed E-state index contributed by atoms with van der Waals surface area (Å²) in [6, 6.07) is 3.97. The highest BCUT2D eigenvalue weighted by Gasteiger charge is 2.05. The number of hydrogen-bond donors (Lipinski definition) is 0. The Balaban J connectivity index is 0. The summed E-state index contributed by atoms with van der Waals surface area (Å²) in [4.78, 5) is 11.2. The van der Waals surface area contributed by atoms with Crippen molar-refractivity contribution in [3.63, 3.8) is 0 Å². The molecule has 0 aliphatic carbocycles. The molecule has 17 heavy (non-hydrogen) atoms. The van der Waals surface area contributed by atoms with Crippen molar-refractivity contribution < 1.29 is 4.79 Å². The molecular weight excluding hydrogens is 208 g/mol. The highest BCUT2D eigenvalue weighted by molar-refractivity contribution is 5.94. The lowest BCUT2D eigenvalue weighted by Crippen LogP contribution is -1.98. The van der Waals surface area contributed by atoms with Crippen molar-refractivity contribution in [1.82, 2.24) is 0 Å². The van der Waals surface area contributed by atoms with E-state index in [9.17, 15) is 4.79 Å². The second-order valence-corrected chi connectivity index (χ2v) is 3.49. The molecule has 0 atom stereocenters. The maximum atomic E-state index is 11.2. The third-order valence-electron chi connectivity index (χ3n) is 2.56. The molecule has 1 aromatic rings. The molecule has 98 valence electrons. The average molecular weight is 236 g/mol. The molecule has 0 bridgehead atoms. The first kappa shape index (κ1) is 18.3. The van der Waals surface area contributed by atoms with Gasteiger partial charge in [0.2, 0.25) is 0 Å². The Hall–Kier alpha value is -1.11. The second-order valence-electron chi connectivity index (χ2n) is 3.49. The third-order valence-corrected chi connectivity index (χ3v) is 2.56. The topological polar surface area (TPSA) is 17.1 Å². The molecule has 1 nitrogen and oxygen atoms in total.